The van der Waals surface area contributed by atoms with Gasteiger partial charge in [0.15, 0.2) is 0 Å². The lowest BCUT2D eigenvalue weighted by Crippen LogP contribution is -2.48. The van der Waals surface area contributed by atoms with Gasteiger partial charge in [-0.25, -0.2) is 4.79 Å². The van der Waals surface area contributed by atoms with Gasteiger partial charge in [0.25, 0.3) is 0 Å². The zero-order valence-electron chi connectivity index (χ0n) is 11.8. The molecule has 0 saturated carbocycles. The van der Waals surface area contributed by atoms with Gasteiger partial charge < -0.3 is 19.6 Å². The Morgan fingerprint density at radius 2 is 2.14 bits per heavy atom. The van der Waals surface area contributed by atoms with Crippen LogP contribution in [-0.4, -0.2) is 60.3 Å². The summed E-state index contributed by atoms with van der Waals surface area (Å²) in [5, 5.41) is 9.15. The van der Waals surface area contributed by atoms with Crippen molar-refractivity contribution in [3.8, 4) is 0 Å². The van der Waals surface area contributed by atoms with Crippen LogP contribution in [0.1, 0.15) is 4.88 Å². The number of likely N-dealkylation sites (N-methyl/N-ethyl adjacent to an activating group) is 1. The Labute approximate surface area is 131 Å². The van der Waals surface area contributed by atoms with E-state index < -0.39 is 17.9 Å². The lowest BCUT2D eigenvalue weighted by molar-refractivity contribution is -0.142. The molecule has 8 heteroatoms. The molecular formula is C13H17ClN2O4S. The number of carboxylic acid groups (broad SMARTS) is 1. The number of nitrogens with zero attached hydrogens (tertiary/aromatic N) is 2. The van der Waals surface area contributed by atoms with Crippen molar-refractivity contribution in [2.75, 3.05) is 27.3 Å². The van der Waals surface area contributed by atoms with E-state index in [9.17, 15) is 9.59 Å². The second-order valence-corrected chi connectivity index (χ2v) is 6.80. The number of amides is 2. The number of halogens is 1. The van der Waals surface area contributed by atoms with Crippen molar-refractivity contribution in [3.63, 3.8) is 0 Å². The van der Waals surface area contributed by atoms with E-state index in [1.54, 1.807) is 25.1 Å². The first-order valence-electron chi connectivity index (χ1n) is 6.43. The number of carboxylic acids is 1. The van der Waals surface area contributed by atoms with Crippen LogP contribution in [0, 0.1) is 5.92 Å². The van der Waals surface area contributed by atoms with Crippen molar-refractivity contribution >= 4 is 34.9 Å². The molecule has 0 spiro atoms. The van der Waals surface area contributed by atoms with Crippen LogP contribution in [0.15, 0.2) is 12.1 Å². The summed E-state index contributed by atoms with van der Waals surface area (Å²) in [6.45, 7) is 0.825. The molecule has 116 valence electrons. The zero-order valence-corrected chi connectivity index (χ0v) is 13.4. The fourth-order valence-electron chi connectivity index (χ4n) is 2.31. The smallest absolute Gasteiger partial charge is 0.320 e. The summed E-state index contributed by atoms with van der Waals surface area (Å²) < 4.78 is 5.87. The van der Waals surface area contributed by atoms with Crippen LogP contribution < -0.4 is 0 Å². The van der Waals surface area contributed by atoms with E-state index in [-0.39, 0.29) is 19.2 Å². The predicted octanol–water partition coefficient (Wildman–Crippen LogP) is 1.98. The lowest BCUT2D eigenvalue weighted by atomic mass is 10.0. The van der Waals surface area contributed by atoms with Gasteiger partial charge in [0.2, 0.25) is 0 Å². The predicted molar refractivity (Wildman–Crippen MR) is 79.7 cm³/mol. The van der Waals surface area contributed by atoms with E-state index in [0.29, 0.717) is 10.9 Å². The molecule has 2 heterocycles. The van der Waals surface area contributed by atoms with Crippen molar-refractivity contribution in [2.24, 2.45) is 5.92 Å². The van der Waals surface area contributed by atoms with Crippen molar-refractivity contribution in [1.29, 1.82) is 0 Å². The van der Waals surface area contributed by atoms with Crippen LogP contribution in [0.3, 0.4) is 0 Å². The molecule has 1 aromatic heterocycles. The van der Waals surface area contributed by atoms with Gasteiger partial charge in [-0.1, -0.05) is 11.6 Å². The molecule has 1 aromatic rings. The average molecular weight is 333 g/mol. The van der Waals surface area contributed by atoms with Gasteiger partial charge in [-0.05, 0) is 12.1 Å². The van der Waals surface area contributed by atoms with Crippen LogP contribution in [0.25, 0.3) is 0 Å². The van der Waals surface area contributed by atoms with E-state index in [2.05, 4.69) is 0 Å². The maximum absolute atomic E-state index is 12.4. The minimum absolute atomic E-state index is 0.141. The summed E-state index contributed by atoms with van der Waals surface area (Å²) >= 11 is 7.28. The Hall–Kier alpha value is -1.31. The fraction of sp³-hybridized carbons (Fsp3) is 0.538. The van der Waals surface area contributed by atoms with Gasteiger partial charge in [0.05, 0.1) is 30.1 Å². The second kappa shape index (κ2) is 6.64. The Morgan fingerprint density at radius 1 is 1.43 bits per heavy atom. The summed E-state index contributed by atoms with van der Waals surface area (Å²) in [5.74, 6) is -1.62. The molecule has 2 amide bonds. The second-order valence-electron chi connectivity index (χ2n) is 5.00. The maximum atomic E-state index is 12.4. The summed E-state index contributed by atoms with van der Waals surface area (Å²) in [5.41, 5.74) is 0. The van der Waals surface area contributed by atoms with E-state index in [0.717, 1.165) is 4.88 Å². The molecule has 1 N–H and O–H groups in total. The molecule has 2 atom stereocenters. The number of hydrogen-bond acceptors (Lipinski definition) is 4. The number of aliphatic carboxylic acids is 1. The highest BCUT2D eigenvalue weighted by molar-refractivity contribution is 7.16. The van der Waals surface area contributed by atoms with Crippen LogP contribution in [0.2, 0.25) is 4.34 Å². The Kier molecular flexibility index (Phi) is 5.08. The third kappa shape index (κ3) is 3.66. The lowest BCUT2D eigenvalue weighted by Gasteiger charge is -2.30. The highest BCUT2D eigenvalue weighted by Crippen LogP contribution is 2.24. The number of hydrogen-bond donors (Lipinski definition) is 1. The van der Waals surface area contributed by atoms with E-state index in [1.807, 2.05) is 6.07 Å². The Bertz CT molecular complexity index is 536. The molecule has 1 aliphatic rings. The van der Waals surface area contributed by atoms with Gasteiger partial charge in [-0.15, -0.1) is 11.3 Å². The highest BCUT2D eigenvalue weighted by Gasteiger charge is 2.39. The van der Waals surface area contributed by atoms with Crippen molar-refractivity contribution < 1.29 is 19.4 Å². The van der Waals surface area contributed by atoms with E-state index in [1.165, 1.54) is 16.2 Å². The van der Waals surface area contributed by atoms with E-state index in [4.69, 9.17) is 21.4 Å². The number of urea groups is 1. The van der Waals surface area contributed by atoms with Crippen LogP contribution in [0.4, 0.5) is 4.79 Å². The third-order valence-electron chi connectivity index (χ3n) is 3.52. The molecule has 6 nitrogen and oxygen atoms in total. The molecule has 1 saturated heterocycles. The van der Waals surface area contributed by atoms with Gasteiger partial charge in [0.1, 0.15) is 5.92 Å². The number of ether oxygens (including phenoxy) is 1. The molecular weight excluding hydrogens is 316 g/mol. The number of thiophene rings is 1. The molecule has 0 bridgehead atoms. The topological polar surface area (TPSA) is 70.1 Å². The van der Waals surface area contributed by atoms with Gasteiger partial charge in [-0.3, -0.25) is 4.79 Å². The first kappa shape index (κ1) is 16.1. The summed E-state index contributed by atoms with van der Waals surface area (Å²) in [4.78, 5) is 27.5. The standard InChI is InChI=1S/C13H17ClN2O4S/c1-15(5-8-3-4-11(14)21-8)13(19)16(2)10-7-20-6-9(10)12(17)18/h3-4,9-10H,5-7H2,1-2H3,(H,17,18). The first-order chi connectivity index (χ1) is 9.90. The minimum atomic E-state index is -0.940. The molecule has 1 fully saturated rings. The highest BCUT2D eigenvalue weighted by atomic mass is 35.5. The van der Waals surface area contributed by atoms with Crippen LogP contribution >= 0.6 is 22.9 Å². The molecule has 1 aliphatic heterocycles. The molecule has 21 heavy (non-hydrogen) atoms. The Balaban J connectivity index is 1.99. The van der Waals surface area contributed by atoms with E-state index >= 15 is 0 Å². The summed E-state index contributed by atoms with van der Waals surface area (Å²) in [6.07, 6.45) is 0. The van der Waals surface area contributed by atoms with Crippen molar-refractivity contribution in [1.82, 2.24) is 9.80 Å². The quantitative estimate of drug-likeness (QED) is 0.915. The van der Waals surface area contributed by atoms with Crippen LogP contribution in [-0.2, 0) is 16.1 Å². The van der Waals surface area contributed by atoms with Gasteiger partial charge in [0, 0.05) is 19.0 Å². The third-order valence-corrected chi connectivity index (χ3v) is 4.73. The SMILES string of the molecule is CN(Cc1ccc(Cl)s1)C(=O)N(C)C1COCC1C(=O)O. The molecule has 0 radical (unpaired) electrons. The average Bonchev–Trinajstić information content (AvgIpc) is 3.05. The summed E-state index contributed by atoms with van der Waals surface area (Å²) in [6, 6.07) is 2.98. The van der Waals surface area contributed by atoms with Crippen LogP contribution in [0.5, 0.6) is 0 Å². The van der Waals surface area contributed by atoms with Gasteiger partial charge >= 0.3 is 12.0 Å². The molecule has 0 aliphatic carbocycles. The maximum Gasteiger partial charge on any atom is 0.320 e. The fourth-order valence-corrected chi connectivity index (χ4v) is 3.45. The van der Waals surface area contributed by atoms with Crippen molar-refractivity contribution in [3.05, 3.63) is 21.3 Å². The summed E-state index contributed by atoms with van der Waals surface area (Å²) in [7, 11) is 3.29. The molecule has 2 rings (SSSR count). The zero-order chi connectivity index (χ0) is 15.6. The monoisotopic (exact) mass is 332 g/mol. The largest absolute Gasteiger partial charge is 0.481 e. The minimum Gasteiger partial charge on any atom is -0.481 e. The van der Waals surface area contributed by atoms with Crippen molar-refractivity contribution in [2.45, 2.75) is 12.6 Å². The Morgan fingerprint density at radius 3 is 2.71 bits per heavy atom. The molecule has 0 aromatic carbocycles. The number of carbonyl (C=O) groups excluding carboxylic acids is 1. The molecule has 2 unspecified atom stereocenters. The van der Waals surface area contributed by atoms with Gasteiger partial charge in [-0.2, -0.15) is 0 Å². The first-order valence-corrected chi connectivity index (χ1v) is 7.62. The number of rotatable bonds is 4. The number of carbonyl (C=O) groups is 2. The normalized spacial score (nSPS) is 21.3.